The molecule has 0 aromatic heterocycles. The van der Waals surface area contributed by atoms with Crippen LogP contribution in [0.4, 0.5) is 0 Å². The highest BCUT2D eigenvalue weighted by Crippen LogP contribution is 2.76. The predicted molar refractivity (Wildman–Crippen MR) is 231 cm³/mol. The van der Waals surface area contributed by atoms with Crippen molar-refractivity contribution >= 4 is 11.9 Å². The van der Waals surface area contributed by atoms with E-state index in [0.29, 0.717) is 44.9 Å². The van der Waals surface area contributed by atoms with Crippen LogP contribution in [0.5, 0.6) is 0 Å². The van der Waals surface area contributed by atoms with E-state index in [4.69, 9.17) is 28.4 Å². The number of ether oxygens (including phenoxy) is 6. The van der Waals surface area contributed by atoms with Crippen LogP contribution < -0.4 is 0 Å². The molecule has 5 aliphatic carbocycles. The Bertz CT molecular complexity index is 1860. The second kappa shape index (κ2) is 18.3. The van der Waals surface area contributed by atoms with Crippen LogP contribution in [0.15, 0.2) is 11.6 Å². The number of aliphatic carboxylic acids is 1. The molecule has 8 rings (SSSR count). The van der Waals surface area contributed by atoms with E-state index in [1.807, 2.05) is 0 Å². The van der Waals surface area contributed by atoms with Gasteiger partial charge in [-0.25, -0.2) is 0 Å². The fourth-order valence-corrected chi connectivity index (χ4v) is 15.3. The number of esters is 1. The Kier molecular flexibility index (Phi) is 14.0. The molecule has 3 saturated heterocycles. The molecule has 8 aliphatic rings. The Morgan fingerprint density at radius 1 is 0.657 bits per heavy atom. The van der Waals surface area contributed by atoms with Gasteiger partial charge in [0, 0.05) is 0 Å². The van der Waals surface area contributed by atoms with Gasteiger partial charge in [0.2, 0.25) is 6.29 Å². The summed E-state index contributed by atoms with van der Waals surface area (Å²) in [5, 5.41) is 117. The number of carboxylic acid groups (broad SMARTS) is 1. The number of rotatable bonds is 9. The number of fused-ring (bicyclic) bond motifs is 7. The second-order valence-electron chi connectivity index (χ2n) is 22.8. The first-order valence-corrected chi connectivity index (χ1v) is 24.5. The summed E-state index contributed by atoms with van der Waals surface area (Å²) in [7, 11) is 0. The third-order valence-electron chi connectivity index (χ3n) is 19.4. The maximum absolute atomic E-state index is 14.7. The summed E-state index contributed by atoms with van der Waals surface area (Å²) in [6.45, 7) is 13.0. The molecule has 382 valence electrons. The molecule has 4 saturated carbocycles. The molecule has 67 heavy (non-hydrogen) atoms. The van der Waals surface area contributed by atoms with Gasteiger partial charge in [-0.1, -0.05) is 53.2 Å². The van der Waals surface area contributed by atoms with Gasteiger partial charge in [-0.2, -0.15) is 0 Å². The molecule has 0 aromatic rings. The van der Waals surface area contributed by atoms with Crippen molar-refractivity contribution in [1.29, 1.82) is 0 Å². The van der Waals surface area contributed by atoms with Crippen LogP contribution in [0.2, 0.25) is 0 Å². The third kappa shape index (κ3) is 7.70. The van der Waals surface area contributed by atoms with Crippen LogP contribution in [0.1, 0.15) is 106 Å². The van der Waals surface area contributed by atoms with Crippen molar-refractivity contribution in [3.8, 4) is 0 Å². The number of aliphatic hydroxyl groups is 10. The Morgan fingerprint density at radius 2 is 1.25 bits per heavy atom. The van der Waals surface area contributed by atoms with Gasteiger partial charge in [-0.05, 0) is 111 Å². The van der Waals surface area contributed by atoms with E-state index in [9.17, 15) is 65.8 Å². The highest BCUT2D eigenvalue weighted by Gasteiger charge is 2.74. The van der Waals surface area contributed by atoms with Crippen LogP contribution >= 0.6 is 0 Å². The Labute approximate surface area is 391 Å². The first-order valence-electron chi connectivity index (χ1n) is 24.5. The zero-order chi connectivity index (χ0) is 49.1. The van der Waals surface area contributed by atoms with Gasteiger partial charge >= 0.3 is 11.9 Å². The van der Waals surface area contributed by atoms with E-state index in [2.05, 4.69) is 47.6 Å². The topological polar surface area (TPSA) is 312 Å². The lowest BCUT2D eigenvalue weighted by Gasteiger charge is -2.70. The fraction of sp³-hybridized carbons (Fsp3) is 0.917. The molecular weight excluding hydrogens is 881 g/mol. The molecular formula is C48H76O19. The highest BCUT2D eigenvalue weighted by molar-refractivity contribution is 5.85. The Morgan fingerprint density at radius 3 is 1.87 bits per heavy atom. The highest BCUT2D eigenvalue weighted by atomic mass is 16.7. The van der Waals surface area contributed by atoms with Crippen molar-refractivity contribution in [3.63, 3.8) is 0 Å². The number of hydrogen-bond acceptors (Lipinski definition) is 18. The van der Waals surface area contributed by atoms with Crippen LogP contribution in [0, 0.1) is 56.7 Å². The minimum atomic E-state index is -1.78. The largest absolute Gasteiger partial charge is 0.481 e. The van der Waals surface area contributed by atoms with Gasteiger partial charge in [0.15, 0.2) is 12.6 Å². The minimum absolute atomic E-state index is 0.0207. The number of hydrogen-bond donors (Lipinski definition) is 11. The van der Waals surface area contributed by atoms with Crippen LogP contribution in [-0.4, -0.2) is 180 Å². The van der Waals surface area contributed by atoms with Crippen molar-refractivity contribution in [2.45, 2.75) is 204 Å². The number of allylic oxidation sites excluding steroid dienone is 1. The first-order chi connectivity index (χ1) is 31.4. The molecule has 3 aliphatic heterocycles. The van der Waals surface area contributed by atoms with E-state index >= 15 is 0 Å². The number of aliphatic hydroxyl groups excluding tert-OH is 10. The average Bonchev–Trinajstić information content (AvgIpc) is 3.28. The number of carbonyl (C=O) groups is 2. The molecule has 0 spiro atoms. The zero-order valence-corrected chi connectivity index (χ0v) is 39.7. The van der Waals surface area contributed by atoms with E-state index in [-0.39, 0.29) is 41.9 Å². The standard InChI is InChI=1S/C48H76O19/c1-20-10-15-47(43(61)67-40-36(57)34(55)32(53)25(19-50)64-40)16-17-48(42(59)60)23(29(47)21(20)2)8-9-27-45(6)13-12-28(44(4,5)26(45)11-14-46(27,48)7)65-41-37(58)38(30(51)22(3)62-41)66-39-35(56)33(54)31(52)24(18-49)63-39/h8,20-22,24-41,49-58H,9-19H2,1-7H3,(H,59,60)/t20-,21+,22-,24-,25-,26-,27-,28+,29-,30+,31-,32-,33+,34+,35-,36-,37-,38+,39+,40+,41+,45+,46-,47+,48-/m1/s1. The van der Waals surface area contributed by atoms with Crippen molar-refractivity contribution in [2.75, 3.05) is 13.2 Å². The van der Waals surface area contributed by atoms with E-state index in [0.717, 1.165) is 5.57 Å². The molecule has 11 N–H and O–H groups in total. The minimum Gasteiger partial charge on any atom is -0.481 e. The molecule has 25 atom stereocenters. The summed E-state index contributed by atoms with van der Waals surface area (Å²) in [6.07, 6.45) is -16.6. The molecule has 0 radical (unpaired) electrons. The lowest BCUT2D eigenvalue weighted by Crippen LogP contribution is -2.68. The quantitative estimate of drug-likeness (QED) is 0.0829. The molecule has 0 unspecified atom stereocenters. The normalized spacial score (nSPS) is 54.0. The Hall–Kier alpha value is -1.92. The van der Waals surface area contributed by atoms with Gasteiger partial charge in [0.25, 0.3) is 0 Å². The number of carbonyl (C=O) groups excluding carboxylic acids is 1. The molecule has 0 bridgehead atoms. The summed E-state index contributed by atoms with van der Waals surface area (Å²) in [5.74, 6) is -2.15. The molecule has 19 heteroatoms. The molecule has 3 heterocycles. The third-order valence-corrected chi connectivity index (χ3v) is 19.4. The summed E-state index contributed by atoms with van der Waals surface area (Å²) in [5.41, 5.74) is -3.41. The monoisotopic (exact) mass is 956 g/mol. The average molecular weight is 957 g/mol. The van der Waals surface area contributed by atoms with Crippen LogP contribution in [0.3, 0.4) is 0 Å². The lowest BCUT2D eigenvalue weighted by molar-refractivity contribution is -0.366. The first kappa shape index (κ1) is 51.4. The lowest BCUT2D eigenvalue weighted by atomic mass is 9.33. The van der Waals surface area contributed by atoms with Gasteiger partial charge in [0.1, 0.15) is 67.1 Å². The van der Waals surface area contributed by atoms with Gasteiger partial charge in [0.05, 0.1) is 36.3 Å². The SMILES string of the molecule is C[C@H]1[C@H](C)CC[C@]2(C(=O)O[C@@H]3O[C@H](CO)[C@@H](O)[C@H](O)[C@H]3O)CC[C@]3(C(=O)O)C(=CC[C@@H]4[C@@]5(C)CC[C@H](O[C@@H]6O[C@H](C)[C@H](O)[C@H](O[C@@H]7O[C@H](CO)[C@@H](O)[C@H](O)[C@H]7O)[C@H]6O)C(C)(C)[C@H]5CC[C@]43C)[C@@H]12. The summed E-state index contributed by atoms with van der Waals surface area (Å²) < 4.78 is 35.7. The van der Waals surface area contributed by atoms with Gasteiger partial charge in [-0.3, -0.25) is 9.59 Å². The van der Waals surface area contributed by atoms with Crippen LogP contribution in [-0.2, 0) is 38.0 Å². The Balaban J connectivity index is 1.05. The van der Waals surface area contributed by atoms with E-state index in [1.54, 1.807) is 6.92 Å². The maximum Gasteiger partial charge on any atom is 0.315 e. The predicted octanol–water partition coefficient (Wildman–Crippen LogP) is 0.0887. The molecule has 7 fully saturated rings. The van der Waals surface area contributed by atoms with Crippen LogP contribution in [0.25, 0.3) is 0 Å². The fourth-order valence-electron chi connectivity index (χ4n) is 15.3. The summed E-state index contributed by atoms with van der Waals surface area (Å²) >= 11 is 0. The van der Waals surface area contributed by atoms with Gasteiger partial charge in [-0.15, -0.1) is 0 Å². The summed E-state index contributed by atoms with van der Waals surface area (Å²) in [4.78, 5) is 29.1. The molecule has 0 aromatic carbocycles. The summed E-state index contributed by atoms with van der Waals surface area (Å²) in [6, 6.07) is 0. The number of carboxylic acids is 1. The van der Waals surface area contributed by atoms with Crippen molar-refractivity contribution < 1.29 is 94.2 Å². The second-order valence-corrected chi connectivity index (χ2v) is 22.8. The molecule has 0 amide bonds. The van der Waals surface area contributed by atoms with Crippen molar-refractivity contribution in [2.24, 2.45) is 56.7 Å². The molecule has 19 nitrogen and oxygen atoms in total. The van der Waals surface area contributed by atoms with E-state index < -0.39 is 151 Å². The zero-order valence-electron chi connectivity index (χ0n) is 39.7. The maximum atomic E-state index is 14.7. The smallest absolute Gasteiger partial charge is 0.315 e. The van der Waals surface area contributed by atoms with Crippen molar-refractivity contribution in [1.82, 2.24) is 0 Å². The van der Waals surface area contributed by atoms with Crippen molar-refractivity contribution in [3.05, 3.63) is 11.6 Å². The van der Waals surface area contributed by atoms with E-state index in [1.165, 1.54) is 0 Å². The van der Waals surface area contributed by atoms with Gasteiger partial charge < -0.3 is 84.6 Å².